The fraction of sp³-hybridized carbons (Fsp3) is 0.500. The summed E-state index contributed by atoms with van der Waals surface area (Å²) in [5.41, 5.74) is -0.911. The van der Waals surface area contributed by atoms with Crippen LogP contribution in [0.5, 0.6) is 0 Å². The van der Waals surface area contributed by atoms with E-state index in [0.717, 1.165) is 12.1 Å². The molecule has 4 nitrogen and oxygen atoms in total. The number of rotatable bonds is 5. The van der Waals surface area contributed by atoms with Crippen LogP contribution in [0.3, 0.4) is 0 Å². The first-order valence-electron chi connectivity index (χ1n) is 7.88. The molecule has 1 aromatic rings. The number of alkyl carbamates (subject to hydrolysis) is 1. The highest BCUT2D eigenvalue weighted by Crippen LogP contribution is 2.31. The van der Waals surface area contributed by atoms with Crippen molar-refractivity contribution < 1.29 is 27.8 Å². The standard InChI is InChI=1S/C18H24F3NO3/c1-5-6-14(12-7-9-13(10-8-12)18(19,20)21)15(11-23)22-16(24)25-17(2,3)4/h5-10,14-15,23H,11H2,1-4H3,(H,22,24)/t14-,15+/m0/s1. The van der Waals surface area contributed by atoms with Crippen LogP contribution in [-0.4, -0.2) is 29.4 Å². The zero-order valence-electron chi connectivity index (χ0n) is 14.7. The number of hydrogen-bond acceptors (Lipinski definition) is 3. The number of alkyl halides is 3. The lowest BCUT2D eigenvalue weighted by atomic mass is 9.90. The van der Waals surface area contributed by atoms with Gasteiger partial charge in [0.25, 0.3) is 0 Å². The second-order valence-electron chi connectivity index (χ2n) is 6.61. The molecule has 0 aromatic heterocycles. The van der Waals surface area contributed by atoms with E-state index in [0.29, 0.717) is 5.56 Å². The Hall–Kier alpha value is -2.02. The molecule has 0 heterocycles. The average Bonchev–Trinajstić information content (AvgIpc) is 2.48. The molecule has 0 radical (unpaired) electrons. The topological polar surface area (TPSA) is 58.6 Å². The van der Waals surface area contributed by atoms with Gasteiger partial charge in [0.1, 0.15) is 5.60 Å². The van der Waals surface area contributed by atoms with Crippen molar-refractivity contribution in [1.29, 1.82) is 0 Å². The molecule has 1 rings (SSSR count). The summed E-state index contributed by atoms with van der Waals surface area (Å²) in [5.74, 6) is -0.496. The lowest BCUT2D eigenvalue weighted by molar-refractivity contribution is -0.137. The maximum Gasteiger partial charge on any atom is 0.416 e. The number of hydrogen-bond donors (Lipinski definition) is 2. The van der Waals surface area contributed by atoms with Crippen LogP contribution in [0.2, 0.25) is 0 Å². The third-order valence-electron chi connectivity index (χ3n) is 3.36. The van der Waals surface area contributed by atoms with Gasteiger partial charge in [0.15, 0.2) is 0 Å². The minimum Gasteiger partial charge on any atom is -0.444 e. The van der Waals surface area contributed by atoms with E-state index in [1.165, 1.54) is 12.1 Å². The van der Waals surface area contributed by atoms with Crippen LogP contribution in [-0.2, 0) is 10.9 Å². The quantitative estimate of drug-likeness (QED) is 0.773. The van der Waals surface area contributed by atoms with E-state index in [2.05, 4.69) is 5.32 Å². The van der Waals surface area contributed by atoms with Gasteiger partial charge in [0, 0.05) is 5.92 Å². The lowest BCUT2D eigenvalue weighted by Crippen LogP contribution is -2.44. The molecule has 2 N–H and O–H groups in total. The number of aliphatic hydroxyl groups excluding tert-OH is 1. The third kappa shape index (κ3) is 6.78. The van der Waals surface area contributed by atoms with Gasteiger partial charge >= 0.3 is 12.3 Å². The molecule has 0 aliphatic rings. The van der Waals surface area contributed by atoms with Crippen LogP contribution < -0.4 is 5.32 Å². The molecule has 0 bridgehead atoms. The monoisotopic (exact) mass is 359 g/mol. The Bertz CT molecular complexity index is 589. The van der Waals surface area contributed by atoms with Crippen LogP contribution in [0.25, 0.3) is 0 Å². The fourth-order valence-electron chi connectivity index (χ4n) is 2.29. The van der Waals surface area contributed by atoms with Gasteiger partial charge in [-0.2, -0.15) is 13.2 Å². The molecule has 140 valence electrons. The summed E-state index contributed by atoms with van der Waals surface area (Å²) in [6.07, 6.45) is -1.70. The number of nitrogens with one attached hydrogen (secondary N) is 1. The third-order valence-corrected chi connectivity index (χ3v) is 3.36. The molecule has 0 fully saturated rings. The second-order valence-corrected chi connectivity index (χ2v) is 6.61. The molecule has 0 saturated heterocycles. The zero-order chi connectivity index (χ0) is 19.3. The Kier molecular flexibility index (Phi) is 7.05. The molecule has 0 aliphatic heterocycles. The highest BCUT2D eigenvalue weighted by Gasteiger charge is 2.31. The first kappa shape index (κ1) is 21.0. The van der Waals surface area contributed by atoms with Crippen molar-refractivity contribution >= 4 is 6.09 Å². The van der Waals surface area contributed by atoms with E-state index < -0.39 is 42.0 Å². The minimum atomic E-state index is -4.42. The van der Waals surface area contributed by atoms with Gasteiger partial charge in [0.2, 0.25) is 0 Å². The van der Waals surface area contributed by atoms with Crippen molar-refractivity contribution in [2.75, 3.05) is 6.61 Å². The van der Waals surface area contributed by atoms with Crippen LogP contribution in [0, 0.1) is 0 Å². The number of aliphatic hydroxyl groups is 1. The number of carbonyl (C=O) groups excluding carboxylic acids is 1. The minimum absolute atomic E-state index is 0.394. The molecular weight excluding hydrogens is 335 g/mol. The number of halogens is 3. The largest absolute Gasteiger partial charge is 0.444 e. The Morgan fingerprint density at radius 1 is 1.24 bits per heavy atom. The first-order chi connectivity index (χ1) is 11.5. The Balaban J connectivity index is 3.01. The number of amides is 1. The van der Waals surface area contributed by atoms with E-state index in [1.54, 1.807) is 39.8 Å². The van der Waals surface area contributed by atoms with Crippen molar-refractivity contribution in [2.24, 2.45) is 0 Å². The van der Waals surface area contributed by atoms with Crippen molar-refractivity contribution in [3.05, 3.63) is 47.5 Å². The second kappa shape index (κ2) is 8.38. The summed E-state index contributed by atoms with van der Waals surface area (Å²) in [4.78, 5) is 11.9. The highest BCUT2D eigenvalue weighted by molar-refractivity contribution is 5.68. The van der Waals surface area contributed by atoms with Crippen LogP contribution in [0.1, 0.15) is 44.7 Å². The van der Waals surface area contributed by atoms with E-state index in [9.17, 15) is 23.1 Å². The van der Waals surface area contributed by atoms with Crippen LogP contribution >= 0.6 is 0 Å². The van der Waals surface area contributed by atoms with Gasteiger partial charge in [-0.3, -0.25) is 0 Å². The number of ether oxygens (including phenoxy) is 1. The molecule has 0 unspecified atom stereocenters. The predicted molar refractivity (Wildman–Crippen MR) is 89.2 cm³/mol. The van der Waals surface area contributed by atoms with Crippen LogP contribution in [0.15, 0.2) is 36.4 Å². The smallest absolute Gasteiger partial charge is 0.416 e. The summed E-state index contributed by atoms with van der Waals surface area (Å²) in [5, 5.41) is 12.2. The number of carbonyl (C=O) groups is 1. The summed E-state index contributed by atoms with van der Waals surface area (Å²) in [6.45, 7) is 6.48. The maximum atomic E-state index is 12.7. The first-order valence-corrected chi connectivity index (χ1v) is 7.88. The van der Waals surface area contributed by atoms with Crippen molar-refractivity contribution in [3.8, 4) is 0 Å². The van der Waals surface area contributed by atoms with Gasteiger partial charge in [0.05, 0.1) is 18.2 Å². The predicted octanol–water partition coefficient (Wildman–Crippen LogP) is 4.25. The maximum absolute atomic E-state index is 12.7. The number of benzene rings is 1. The van der Waals surface area contributed by atoms with Gasteiger partial charge in [-0.05, 0) is 45.4 Å². The van der Waals surface area contributed by atoms with Gasteiger partial charge in [-0.1, -0.05) is 24.3 Å². The summed E-state index contributed by atoms with van der Waals surface area (Å²) in [7, 11) is 0. The van der Waals surface area contributed by atoms with Gasteiger partial charge in [-0.15, -0.1) is 0 Å². The molecule has 2 atom stereocenters. The molecule has 1 amide bonds. The molecule has 0 saturated carbocycles. The Labute approximate surface area is 145 Å². The van der Waals surface area contributed by atoms with Crippen molar-refractivity contribution in [1.82, 2.24) is 5.32 Å². The Morgan fingerprint density at radius 2 is 1.80 bits per heavy atom. The molecule has 25 heavy (non-hydrogen) atoms. The molecule has 0 aliphatic carbocycles. The molecule has 1 aromatic carbocycles. The van der Waals surface area contributed by atoms with Crippen molar-refractivity contribution in [3.63, 3.8) is 0 Å². The normalized spacial score (nSPS) is 15.0. The SMILES string of the molecule is CC=C[C@@H](c1ccc(C(F)(F)F)cc1)[C@@H](CO)NC(=O)OC(C)(C)C. The van der Waals surface area contributed by atoms with E-state index in [1.807, 2.05) is 0 Å². The Morgan fingerprint density at radius 3 is 2.20 bits per heavy atom. The molecule has 7 heteroatoms. The summed E-state index contributed by atoms with van der Waals surface area (Å²) >= 11 is 0. The molecular formula is C18H24F3NO3. The van der Waals surface area contributed by atoms with E-state index >= 15 is 0 Å². The van der Waals surface area contributed by atoms with Crippen LogP contribution in [0.4, 0.5) is 18.0 Å². The van der Waals surface area contributed by atoms with E-state index in [-0.39, 0.29) is 0 Å². The van der Waals surface area contributed by atoms with Crippen molar-refractivity contribution in [2.45, 2.75) is 51.4 Å². The number of allylic oxidation sites excluding steroid dienone is 1. The van der Waals surface area contributed by atoms with Gasteiger partial charge < -0.3 is 15.2 Å². The fourth-order valence-corrected chi connectivity index (χ4v) is 2.29. The summed E-state index contributed by atoms with van der Waals surface area (Å²) in [6, 6.07) is 3.91. The lowest BCUT2D eigenvalue weighted by Gasteiger charge is -2.27. The van der Waals surface area contributed by atoms with E-state index in [4.69, 9.17) is 4.74 Å². The molecule has 0 spiro atoms. The zero-order valence-corrected chi connectivity index (χ0v) is 14.7. The highest BCUT2D eigenvalue weighted by atomic mass is 19.4. The summed E-state index contributed by atoms with van der Waals surface area (Å²) < 4.78 is 43.3. The average molecular weight is 359 g/mol. The van der Waals surface area contributed by atoms with Gasteiger partial charge in [-0.25, -0.2) is 4.79 Å².